The quantitative estimate of drug-likeness (QED) is 0.899. The Kier molecular flexibility index (Phi) is 4.50. The van der Waals surface area contributed by atoms with Gasteiger partial charge in [0.15, 0.2) is 0 Å². The van der Waals surface area contributed by atoms with Gasteiger partial charge in [-0.25, -0.2) is 4.79 Å². The molecule has 3 atom stereocenters. The van der Waals surface area contributed by atoms with E-state index in [4.69, 9.17) is 9.15 Å². The molecule has 4 rings (SSSR count). The van der Waals surface area contributed by atoms with Gasteiger partial charge in [0.1, 0.15) is 5.76 Å². The molecule has 1 aromatic heterocycles. The molecular weight excluding hydrogens is 306 g/mol. The minimum absolute atomic E-state index is 0.00598. The zero-order chi connectivity index (χ0) is 16.5. The molecule has 1 aromatic rings. The van der Waals surface area contributed by atoms with Gasteiger partial charge in [0.2, 0.25) is 0 Å². The molecule has 1 N–H and O–H groups in total. The fourth-order valence-corrected chi connectivity index (χ4v) is 3.98. The molecule has 1 aliphatic carbocycles. The third-order valence-electron chi connectivity index (χ3n) is 5.49. The maximum Gasteiger partial charge on any atom is 0.318 e. The Hall–Kier alpha value is -1.53. The lowest BCUT2D eigenvalue weighted by atomic mass is 10.2. The highest BCUT2D eigenvalue weighted by molar-refractivity contribution is 5.75. The molecule has 2 aliphatic heterocycles. The number of carbonyl (C=O) groups excluding carboxylic acids is 1. The summed E-state index contributed by atoms with van der Waals surface area (Å²) < 4.78 is 11.4. The predicted octanol–water partition coefficient (Wildman–Crippen LogP) is 2.38. The molecule has 3 aliphatic rings. The molecule has 0 bridgehead atoms. The summed E-state index contributed by atoms with van der Waals surface area (Å²) in [5, 5.41) is 3.09. The van der Waals surface area contributed by atoms with Gasteiger partial charge in [-0.05, 0) is 51.3 Å². The van der Waals surface area contributed by atoms with E-state index in [-0.39, 0.29) is 18.2 Å². The minimum Gasteiger partial charge on any atom is -0.467 e. The van der Waals surface area contributed by atoms with Crippen LogP contribution < -0.4 is 5.32 Å². The summed E-state index contributed by atoms with van der Waals surface area (Å²) in [5.74, 6) is 0.839. The van der Waals surface area contributed by atoms with Gasteiger partial charge in [0.05, 0.1) is 25.0 Å². The summed E-state index contributed by atoms with van der Waals surface area (Å²) in [6.07, 6.45) is 6.43. The maximum atomic E-state index is 12.7. The van der Waals surface area contributed by atoms with Gasteiger partial charge in [-0.15, -0.1) is 0 Å². The van der Waals surface area contributed by atoms with Gasteiger partial charge in [-0.1, -0.05) is 0 Å². The maximum absolute atomic E-state index is 12.7. The van der Waals surface area contributed by atoms with E-state index >= 15 is 0 Å². The van der Waals surface area contributed by atoms with Crippen LogP contribution in [-0.2, 0) is 4.74 Å². The number of carbonyl (C=O) groups is 1. The van der Waals surface area contributed by atoms with E-state index in [2.05, 4.69) is 10.2 Å². The van der Waals surface area contributed by atoms with Crippen LogP contribution in [0.15, 0.2) is 22.8 Å². The van der Waals surface area contributed by atoms with Gasteiger partial charge < -0.3 is 19.4 Å². The molecular formula is C18H27N3O3. The van der Waals surface area contributed by atoms with Crippen LogP contribution in [0.2, 0.25) is 0 Å². The van der Waals surface area contributed by atoms with E-state index in [0.717, 1.165) is 31.8 Å². The highest BCUT2D eigenvalue weighted by atomic mass is 16.5. The standard InChI is InChI=1S/C18H27N3O3/c1-13(17-5-3-9-23-17)21(14-6-7-14)18(22)19-10-16-11-20-8-2-4-15(20)12-24-16/h3,5,9,13-16H,2,4,6-8,10-12H2,1H3,(H,19,22). The van der Waals surface area contributed by atoms with E-state index < -0.39 is 0 Å². The second-order valence-electron chi connectivity index (χ2n) is 7.26. The Labute approximate surface area is 143 Å². The Balaban J connectivity index is 1.32. The number of nitrogens with one attached hydrogen (secondary N) is 1. The normalized spacial score (nSPS) is 28.4. The van der Waals surface area contributed by atoms with Crippen molar-refractivity contribution in [3.63, 3.8) is 0 Å². The van der Waals surface area contributed by atoms with Crippen LogP contribution in [0.3, 0.4) is 0 Å². The smallest absolute Gasteiger partial charge is 0.318 e. The van der Waals surface area contributed by atoms with Crippen molar-refractivity contribution in [2.75, 3.05) is 26.2 Å². The number of rotatable bonds is 5. The monoisotopic (exact) mass is 333 g/mol. The van der Waals surface area contributed by atoms with Crippen molar-refractivity contribution in [2.24, 2.45) is 0 Å². The zero-order valence-electron chi connectivity index (χ0n) is 14.3. The Morgan fingerprint density at radius 3 is 3.08 bits per heavy atom. The lowest BCUT2D eigenvalue weighted by Gasteiger charge is -2.36. The van der Waals surface area contributed by atoms with Gasteiger partial charge in [-0.3, -0.25) is 4.90 Å². The van der Waals surface area contributed by atoms with E-state index in [1.807, 2.05) is 24.0 Å². The number of furan rings is 1. The van der Waals surface area contributed by atoms with Crippen molar-refractivity contribution < 1.29 is 13.9 Å². The van der Waals surface area contributed by atoms with Crippen LogP contribution >= 0.6 is 0 Å². The fourth-order valence-electron chi connectivity index (χ4n) is 3.98. The molecule has 0 aromatic carbocycles. The molecule has 2 amide bonds. The van der Waals surface area contributed by atoms with Crippen molar-refractivity contribution >= 4 is 6.03 Å². The lowest BCUT2D eigenvalue weighted by molar-refractivity contribution is -0.0462. The summed E-state index contributed by atoms with van der Waals surface area (Å²) in [6, 6.07) is 4.69. The van der Waals surface area contributed by atoms with E-state index in [1.54, 1.807) is 6.26 Å². The minimum atomic E-state index is -0.0391. The molecule has 3 unspecified atom stereocenters. The predicted molar refractivity (Wildman–Crippen MR) is 89.7 cm³/mol. The molecule has 0 spiro atoms. The van der Waals surface area contributed by atoms with Gasteiger partial charge in [0, 0.05) is 25.2 Å². The number of nitrogens with zero attached hydrogens (tertiary/aromatic N) is 2. The van der Waals surface area contributed by atoms with Crippen LogP contribution in [0.1, 0.15) is 44.4 Å². The topological polar surface area (TPSA) is 58.0 Å². The van der Waals surface area contributed by atoms with Crippen LogP contribution in [-0.4, -0.2) is 60.3 Å². The summed E-state index contributed by atoms with van der Waals surface area (Å²) in [7, 11) is 0. The highest BCUT2D eigenvalue weighted by Gasteiger charge is 2.38. The van der Waals surface area contributed by atoms with Crippen LogP contribution in [0.25, 0.3) is 0 Å². The Bertz CT molecular complexity index is 558. The second kappa shape index (κ2) is 6.76. The first-order valence-corrected chi connectivity index (χ1v) is 9.17. The second-order valence-corrected chi connectivity index (χ2v) is 7.26. The summed E-state index contributed by atoms with van der Waals surface area (Å²) in [4.78, 5) is 17.2. The summed E-state index contributed by atoms with van der Waals surface area (Å²) in [5.41, 5.74) is 0. The van der Waals surface area contributed by atoms with E-state index in [0.29, 0.717) is 18.6 Å². The largest absolute Gasteiger partial charge is 0.467 e. The number of hydrogen-bond acceptors (Lipinski definition) is 4. The van der Waals surface area contributed by atoms with Crippen molar-refractivity contribution in [3.8, 4) is 0 Å². The molecule has 0 radical (unpaired) electrons. The number of fused-ring (bicyclic) bond motifs is 1. The summed E-state index contributed by atoms with van der Waals surface area (Å²) in [6.45, 7) is 5.51. The first kappa shape index (κ1) is 16.0. The number of amides is 2. The van der Waals surface area contributed by atoms with Crippen LogP contribution in [0.4, 0.5) is 4.79 Å². The van der Waals surface area contributed by atoms with Crippen molar-refractivity contribution in [3.05, 3.63) is 24.2 Å². The average molecular weight is 333 g/mol. The number of hydrogen-bond donors (Lipinski definition) is 1. The van der Waals surface area contributed by atoms with Crippen molar-refractivity contribution in [1.82, 2.24) is 15.1 Å². The average Bonchev–Trinajstić information content (AvgIpc) is 3.10. The van der Waals surface area contributed by atoms with Crippen LogP contribution in [0, 0.1) is 0 Å². The Morgan fingerprint density at radius 1 is 1.46 bits per heavy atom. The van der Waals surface area contributed by atoms with Crippen molar-refractivity contribution in [1.29, 1.82) is 0 Å². The van der Waals surface area contributed by atoms with E-state index in [9.17, 15) is 4.79 Å². The van der Waals surface area contributed by atoms with Gasteiger partial charge in [-0.2, -0.15) is 0 Å². The molecule has 1 saturated carbocycles. The zero-order valence-corrected chi connectivity index (χ0v) is 14.3. The molecule has 132 valence electrons. The van der Waals surface area contributed by atoms with Gasteiger partial charge >= 0.3 is 6.03 Å². The fraction of sp³-hybridized carbons (Fsp3) is 0.722. The molecule has 24 heavy (non-hydrogen) atoms. The number of urea groups is 1. The molecule has 3 fully saturated rings. The molecule has 2 saturated heterocycles. The molecule has 6 nitrogen and oxygen atoms in total. The first-order valence-electron chi connectivity index (χ1n) is 9.17. The third-order valence-corrected chi connectivity index (χ3v) is 5.49. The lowest BCUT2D eigenvalue weighted by Crippen LogP contribution is -2.52. The third kappa shape index (κ3) is 3.30. The SMILES string of the molecule is CC(c1ccco1)N(C(=O)NCC1CN2CCCC2CO1)C1CC1. The first-order chi connectivity index (χ1) is 11.7. The molecule has 6 heteroatoms. The number of morpholine rings is 1. The van der Waals surface area contributed by atoms with Crippen LogP contribution in [0.5, 0.6) is 0 Å². The molecule has 3 heterocycles. The highest BCUT2D eigenvalue weighted by Crippen LogP contribution is 2.34. The number of ether oxygens (including phenoxy) is 1. The summed E-state index contributed by atoms with van der Waals surface area (Å²) >= 11 is 0. The van der Waals surface area contributed by atoms with Crippen molar-refractivity contribution in [2.45, 2.75) is 56.8 Å². The Morgan fingerprint density at radius 2 is 2.33 bits per heavy atom. The van der Waals surface area contributed by atoms with Gasteiger partial charge in [0.25, 0.3) is 0 Å². The van der Waals surface area contributed by atoms with E-state index in [1.165, 1.54) is 19.4 Å².